The van der Waals surface area contributed by atoms with Crippen LogP contribution in [0, 0.1) is 6.92 Å². The third-order valence-corrected chi connectivity index (χ3v) is 9.19. The van der Waals surface area contributed by atoms with E-state index in [1.54, 1.807) is 19.1 Å². The van der Waals surface area contributed by atoms with Crippen molar-refractivity contribution in [3.05, 3.63) is 92.4 Å². The van der Waals surface area contributed by atoms with E-state index >= 15 is 0 Å². The predicted octanol–water partition coefficient (Wildman–Crippen LogP) is 6.59. The Labute approximate surface area is 254 Å². The lowest BCUT2D eigenvalue weighted by atomic mass is 10.1. The zero-order valence-electron chi connectivity index (χ0n) is 22.5. The number of nitrogens with one attached hydrogen (secondary N) is 1. The van der Waals surface area contributed by atoms with E-state index in [-0.39, 0.29) is 33.1 Å². The molecule has 0 aliphatic heterocycles. The standard InChI is InChI=1S/C29H32BrCl2N3O4S/c1-4-5-16-33-29(37)21(3)34(18-22-8-10-23(30)11-9-22)28(36)19-35(27-17-24(31)12-15-26(27)32)40(38,39)25-13-6-20(2)7-14-25/h6-15,17,21H,4-5,16,18-19H2,1-3H3,(H,33,37)/t21-/m1/s1. The van der Waals surface area contributed by atoms with Gasteiger partial charge in [0.15, 0.2) is 0 Å². The number of halogens is 3. The topological polar surface area (TPSA) is 86.8 Å². The lowest BCUT2D eigenvalue weighted by molar-refractivity contribution is -0.139. The van der Waals surface area contributed by atoms with Crippen molar-refractivity contribution in [3.63, 3.8) is 0 Å². The summed E-state index contributed by atoms with van der Waals surface area (Å²) in [5.41, 5.74) is 1.72. The molecule has 7 nitrogen and oxygen atoms in total. The molecule has 40 heavy (non-hydrogen) atoms. The summed E-state index contributed by atoms with van der Waals surface area (Å²) in [6.45, 7) is 5.46. The maximum atomic E-state index is 14.0. The average molecular weight is 669 g/mol. The van der Waals surface area contributed by atoms with E-state index in [9.17, 15) is 18.0 Å². The van der Waals surface area contributed by atoms with Gasteiger partial charge in [0.2, 0.25) is 11.8 Å². The number of sulfonamides is 1. The van der Waals surface area contributed by atoms with Gasteiger partial charge in [-0.1, -0.05) is 82.3 Å². The second kappa shape index (κ2) is 14.3. The molecule has 0 spiro atoms. The van der Waals surface area contributed by atoms with Gasteiger partial charge in [-0.15, -0.1) is 0 Å². The summed E-state index contributed by atoms with van der Waals surface area (Å²) in [6, 6.07) is 17.2. The summed E-state index contributed by atoms with van der Waals surface area (Å²) in [5.74, 6) is -0.902. The average Bonchev–Trinajstić information content (AvgIpc) is 2.92. The van der Waals surface area contributed by atoms with Crippen molar-refractivity contribution >= 4 is 66.7 Å². The number of aryl methyl sites for hydroxylation is 1. The lowest BCUT2D eigenvalue weighted by Gasteiger charge is -2.32. The molecule has 0 bridgehead atoms. The summed E-state index contributed by atoms with van der Waals surface area (Å²) < 4.78 is 29.6. The molecular weight excluding hydrogens is 637 g/mol. The molecule has 0 heterocycles. The quantitative estimate of drug-likeness (QED) is 0.221. The molecule has 11 heteroatoms. The first-order valence-corrected chi connectivity index (χ1v) is 15.8. The minimum absolute atomic E-state index is 0.00763. The second-order valence-corrected chi connectivity index (χ2v) is 13.0. The van der Waals surface area contributed by atoms with Gasteiger partial charge in [-0.2, -0.15) is 0 Å². The molecular formula is C29H32BrCl2N3O4S. The predicted molar refractivity (Wildman–Crippen MR) is 164 cm³/mol. The minimum atomic E-state index is -4.24. The van der Waals surface area contributed by atoms with Gasteiger partial charge in [0.05, 0.1) is 15.6 Å². The van der Waals surface area contributed by atoms with E-state index < -0.39 is 28.5 Å². The largest absolute Gasteiger partial charge is 0.354 e. The Morgan fingerprint density at radius 2 is 1.65 bits per heavy atom. The zero-order chi connectivity index (χ0) is 29.4. The number of anilines is 1. The number of nitrogens with zero attached hydrogens (tertiary/aromatic N) is 2. The monoisotopic (exact) mass is 667 g/mol. The number of benzene rings is 3. The zero-order valence-corrected chi connectivity index (χ0v) is 26.4. The lowest BCUT2D eigenvalue weighted by Crippen LogP contribution is -2.51. The van der Waals surface area contributed by atoms with Gasteiger partial charge in [0.25, 0.3) is 10.0 Å². The fourth-order valence-electron chi connectivity index (χ4n) is 3.93. The highest BCUT2D eigenvalue weighted by atomic mass is 79.9. The number of amides is 2. The first kappa shape index (κ1) is 31.9. The van der Waals surface area contributed by atoms with Gasteiger partial charge in [-0.05, 0) is 68.3 Å². The van der Waals surface area contributed by atoms with Gasteiger partial charge in [0.1, 0.15) is 12.6 Å². The molecule has 0 radical (unpaired) electrons. The number of hydrogen-bond donors (Lipinski definition) is 1. The van der Waals surface area contributed by atoms with Gasteiger partial charge in [-0.3, -0.25) is 13.9 Å². The third kappa shape index (κ3) is 8.22. The van der Waals surface area contributed by atoms with Crippen molar-refractivity contribution < 1.29 is 18.0 Å². The molecule has 0 aromatic heterocycles. The third-order valence-electron chi connectivity index (χ3n) is 6.33. The highest BCUT2D eigenvalue weighted by Gasteiger charge is 2.33. The maximum absolute atomic E-state index is 14.0. The van der Waals surface area contributed by atoms with Gasteiger partial charge in [-0.25, -0.2) is 8.42 Å². The molecule has 0 unspecified atom stereocenters. The molecule has 0 fully saturated rings. The van der Waals surface area contributed by atoms with Crippen LogP contribution in [0.4, 0.5) is 5.69 Å². The number of rotatable bonds is 12. The first-order chi connectivity index (χ1) is 18.9. The van der Waals surface area contributed by atoms with Crippen molar-refractivity contribution in [2.75, 3.05) is 17.4 Å². The van der Waals surface area contributed by atoms with Crippen LogP contribution in [0.2, 0.25) is 10.0 Å². The van der Waals surface area contributed by atoms with Crippen molar-refractivity contribution in [3.8, 4) is 0 Å². The van der Waals surface area contributed by atoms with Crippen LogP contribution in [-0.4, -0.2) is 44.3 Å². The van der Waals surface area contributed by atoms with E-state index in [0.717, 1.165) is 32.7 Å². The van der Waals surface area contributed by atoms with Crippen molar-refractivity contribution in [2.45, 2.75) is 51.1 Å². The fourth-order valence-corrected chi connectivity index (χ4v) is 6.06. The Hall–Kier alpha value is -2.59. The van der Waals surface area contributed by atoms with Crippen molar-refractivity contribution in [1.29, 1.82) is 0 Å². The molecule has 1 N–H and O–H groups in total. The fraction of sp³-hybridized carbons (Fsp3) is 0.310. The number of carbonyl (C=O) groups is 2. The SMILES string of the molecule is CCCCNC(=O)[C@@H](C)N(Cc1ccc(Br)cc1)C(=O)CN(c1cc(Cl)ccc1Cl)S(=O)(=O)c1ccc(C)cc1. The van der Waals surface area contributed by atoms with E-state index in [1.807, 2.05) is 38.1 Å². The Bertz CT molecular complexity index is 1430. The molecule has 1 atom stereocenters. The van der Waals surface area contributed by atoms with Crippen LogP contribution >= 0.6 is 39.1 Å². The molecule has 3 aromatic carbocycles. The van der Waals surface area contributed by atoms with Gasteiger partial charge in [0, 0.05) is 22.6 Å². The molecule has 0 saturated carbocycles. The molecule has 2 amide bonds. The van der Waals surface area contributed by atoms with E-state index in [1.165, 1.54) is 35.2 Å². The van der Waals surface area contributed by atoms with Gasteiger partial charge < -0.3 is 10.2 Å². The molecule has 214 valence electrons. The summed E-state index contributed by atoms with van der Waals surface area (Å²) >= 11 is 16.1. The molecule has 0 aliphatic rings. The summed E-state index contributed by atoms with van der Waals surface area (Å²) in [4.78, 5) is 28.4. The Kier molecular flexibility index (Phi) is 11.5. The maximum Gasteiger partial charge on any atom is 0.264 e. The van der Waals surface area contributed by atoms with Crippen LogP contribution in [0.3, 0.4) is 0 Å². The van der Waals surface area contributed by atoms with Crippen LogP contribution in [0.1, 0.15) is 37.8 Å². The molecule has 0 saturated heterocycles. The summed E-state index contributed by atoms with van der Waals surface area (Å²) in [5, 5.41) is 3.23. The second-order valence-electron chi connectivity index (χ2n) is 9.39. The van der Waals surface area contributed by atoms with Crippen LogP contribution in [0.5, 0.6) is 0 Å². The number of unbranched alkanes of at least 4 members (excludes halogenated alkanes) is 1. The minimum Gasteiger partial charge on any atom is -0.354 e. The van der Waals surface area contributed by atoms with E-state index in [4.69, 9.17) is 23.2 Å². The van der Waals surface area contributed by atoms with Crippen LogP contribution < -0.4 is 9.62 Å². The Balaban J connectivity index is 2.04. The van der Waals surface area contributed by atoms with E-state index in [0.29, 0.717) is 6.54 Å². The van der Waals surface area contributed by atoms with Crippen molar-refractivity contribution in [2.24, 2.45) is 0 Å². The van der Waals surface area contributed by atoms with Gasteiger partial charge >= 0.3 is 0 Å². The highest BCUT2D eigenvalue weighted by molar-refractivity contribution is 9.10. The molecule has 3 aromatic rings. The van der Waals surface area contributed by atoms with Crippen LogP contribution in [0.25, 0.3) is 0 Å². The number of carbonyl (C=O) groups excluding carboxylic acids is 2. The normalized spacial score (nSPS) is 12.1. The first-order valence-electron chi connectivity index (χ1n) is 12.8. The Morgan fingerprint density at radius 1 is 1.00 bits per heavy atom. The van der Waals surface area contributed by atoms with Crippen LogP contribution in [-0.2, 0) is 26.2 Å². The highest BCUT2D eigenvalue weighted by Crippen LogP contribution is 2.33. The van der Waals surface area contributed by atoms with Crippen molar-refractivity contribution in [1.82, 2.24) is 10.2 Å². The van der Waals surface area contributed by atoms with E-state index in [2.05, 4.69) is 21.2 Å². The summed E-state index contributed by atoms with van der Waals surface area (Å²) in [6.07, 6.45) is 1.71. The molecule has 0 aliphatic carbocycles. The smallest absolute Gasteiger partial charge is 0.264 e. The molecule has 3 rings (SSSR count). The number of hydrogen-bond acceptors (Lipinski definition) is 4. The Morgan fingerprint density at radius 3 is 2.27 bits per heavy atom. The van der Waals surface area contributed by atoms with Crippen LogP contribution in [0.15, 0.2) is 76.1 Å². The summed E-state index contributed by atoms with van der Waals surface area (Å²) in [7, 11) is -4.24.